The van der Waals surface area contributed by atoms with E-state index in [0.29, 0.717) is 0 Å². The summed E-state index contributed by atoms with van der Waals surface area (Å²) in [5.41, 5.74) is 0. The third kappa shape index (κ3) is 24.6. The molecule has 23 heteroatoms. The van der Waals surface area contributed by atoms with Gasteiger partial charge in [0, 0.05) is 78.5 Å². The Kier molecular flexibility index (Phi) is 20.2. The van der Waals surface area contributed by atoms with Crippen molar-refractivity contribution in [2.24, 2.45) is 0 Å². The average Bonchev–Trinajstić information content (AvgIpc) is 2.81. The summed E-state index contributed by atoms with van der Waals surface area (Å²) in [6.07, 6.45) is -22.6. The van der Waals surface area contributed by atoms with Crippen LogP contribution in [0, 0.1) is 0 Å². The standard InChI is InChI=1S/C15H27F9N6.C3H6F3N.C2H4F3N/c16-13(17,18)28-7-3-25-1-2-26-4-9-29(14(19,20)21)11-12-30(15(22,23)24)10-6-27-5-8-28;1-7(2)3(4,5)6;1-6-2(3,4)5/h25-27H,1-12H2;1-2H3;6H,1H3. The Hall–Kier alpha value is -1.37. The van der Waals surface area contributed by atoms with Crippen molar-refractivity contribution in [2.45, 2.75) is 31.5 Å². The van der Waals surface area contributed by atoms with Crippen LogP contribution in [0.15, 0.2) is 0 Å². The highest BCUT2D eigenvalue weighted by molar-refractivity contribution is 4.71. The predicted octanol–water partition coefficient (Wildman–Crippen LogP) is 3.03. The van der Waals surface area contributed by atoms with E-state index in [2.05, 4.69) is 16.0 Å². The molecule has 1 aliphatic rings. The second kappa shape index (κ2) is 19.9. The number of alkyl halides is 15. The SMILES string of the molecule is CN(C)C(F)(F)F.CNC(F)(F)F.FC(F)(F)N1CCNCCNCCN(C(F)(F)F)CCN(C(F)(F)F)CCNCC1. The summed E-state index contributed by atoms with van der Waals surface area (Å²) in [6, 6.07) is 0. The minimum atomic E-state index is -4.86. The van der Waals surface area contributed by atoms with Crippen LogP contribution >= 0.6 is 0 Å². The molecule has 0 saturated carbocycles. The third-order valence-electron chi connectivity index (χ3n) is 5.22. The van der Waals surface area contributed by atoms with Crippen LogP contribution in [0.2, 0.25) is 0 Å². The molecule has 0 aromatic carbocycles. The predicted molar refractivity (Wildman–Crippen MR) is 126 cm³/mol. The van der Waals surface area contributed by atoms with Crippen molar-refractivity contribution in [3.8, 4) is 0 Å². The molecule has 1 heterocycles. The van der Waals surface area contributed by atoms with Gasteiger partial charge in [-0.25, -0.2) is 24.9 Å². The summed E-state index contributed by atoms with van der Waals surface area (Å²) < 4.78 is 183. The molecule has 262 valence electrons. The number of rotatable bonds is 0. The van der Waals surface area contributed by atoms with Gasteiger partial charge < -0.3 is 16.0 Å². The van der Waals surface area contributed by atoms with Gasteiger partial charge in [0.05, 0.1) is 0 Å². The number of hydrogen-bond acceptors (Lipinski definition) is 8. The van der Waals surface area contributed by atoms with Gasteiger partial charge in [0.2, 0.25) is 0 Å². The summed E-state index contributed by atoms with van der Waals surface area (Å²) in [6.45, 7) is -4.09. The fourth-order valence-electron chi connectivity index (χ4n) is 2.75. The summed E-state index contributed by atoms with van der Waals surface area (Å²) in [7, 11) is 2.75. The molecule has 1 aliphatic heterocycles. The normalized spacial score (nSPS) is 19.9. The lowest BCUT2D eigenvalue weighted by atomic mass is 10.4. The van der Waals surface area contributed by atoms with Crippen LogP contribution in [0.4, 0.5) is 65.9 Å². The monoisotopic (exact) mass is 674 g/mol. The van der Waals surface area contributed by atoms with Crippen LogP contribution in [0.3, 0.4) is 0 Å². The van der Waals surface area contributed by atoms with E-state index in [1.165, 1.54) is 0 Å². The lowest BCUT2D eigenvalue weighted by molar-refractivity contribution is -0.265. The molecule has 0 spiro atoms. The topological polar surface area (TPSA) is 61.1 Å². The lowest BCUT2D eigenvalue weighted by Gasteiger charge is -2.30. The van der Waals surface area contributed by atoms with Gasteiger partial charge in [0.25, 0.3) is 0 Å². The maximum atomic E-state index is 13.1. The highest BCUT2D eigenvalue weighted by Crippen LogP contribution is 2.24. The molecule has 43 heavy (non-hydrogen) atoms. The summed E-state index contributed by atoms with van der Waals surface area (Å²) in [5, 5.41) is 9.04. The van der Waals surface area contributed by atoms with Gasteiger partial charge in [-0.15, -0.1) is 0 Å². The largest absolute Gasteiger partial charge is 0.460 e. The molecule has 0 aliphatic carbocycles. The van der Waals surface area contributed by atoms with Crippen LogP contribution < -0.4 is 21.3 Å². The Morgan fingerprint density at radius 3 is 0.860 bits per heavy atom. The second-order valence-electron chi connectivity index (χ2n) is 8.72. The van der Waals surface area contributed by atoms with Crippen molar-refractivity contribution in [2.75, 3.05) is 99.7 Å². The van der Waals surface area contributed by atoms with Crippen molar-refractivity contribution >= 4 is 0 Å². The van der Waals surface area contributed by atoms with Gasteiger partial charge in [0.1, 0.15) is 0 Å². The first-order valence-corrected chi connectivity index (χ1v) is 12.4. The molecule has 0 aromatic heterocycles. The van der Waals surface area contributed by atoms with E-state index in [-0.39, 0.29) is 65.4 Å². The molecular formula is C20H37F15N8. The number of hydrogen-bond donors (Lipinski definition) is 4. The minimum Gasteiger partial charge on any atom is -0.314 e. The number of nitrogens with zero attached hydrogens (tertiary/aromatic N) is 4. The molecule has 0 radical (unpaired) electrons. The zero-order valence-corrected chi connectivity index (χ0v) is 23.4. The molecule has 8 nitrogen and oxygen atoms in total. The van der Waals surface area contributed by atoms with Gasteiger partial charge in [0.15, 0.2) is 0 Å². The van der Waals surface area contributed by atoms with Gasteiger partial charge in [-0.05, 0) is 21.1 Å². The molecule has 0 atom stereocenters. The summed E-state index contributed by atoms with van der Waals surface area (Å²) >= 11 is 0. The fraction of sp³-hybridized carbons (Fsp3) is 1.00. The average molecular weight is 675 g/mol. The van der Waals surface area contributed by atoms with Crippen molar-refractivity contribution < 1.29 is 65.9 Å². The van der Waals surface area contributed by atoms with Gasteiger partial charge in [-0.2, -0.15) is 65.9 Å². The van der Waals surface area contributed by atoms with Crippen LogP contribution in [0.25, 0.3) is 0 Å². The van der Waals surface area contributed by atoms with E-state index < -0.39 is 64.2 Å². The van der Waals surface area contributed by atoms with Crippen LogP contribution in [0.1, 0.15) is 0 Å². The molecular weight excluding hydrogens is 637 g/mol. The van der Waals surface area contributed by atoms with E-state index in [1.807, 2.05) is 0 Å². The van der Waals surface area contributed by atoms with Crippen LogP contribution in [0.5, 0.6) is 0 Å². The van der Waals surface area contributed by atoms with E-state index in [0.717, 1.165) is 26.5 Å². The minimum absolute atomic E-state index is 0.00226. The molecule has 1 rings (SSSR count). The van der Waals surface area contributed by atoms with E-state index in [1.54, 1.807) is 0 Å². The fourth-order valence-corrected chi connectivity index (χ4v) is 2.75. The molecule has 0 unspecified atom stereocenters. The van der Waals surface area contributed by atoms with E-state index >= 15 is 0 Å². The third-order valence-corrected chi connectivity index (χ3v) is 5.22. The maximum absolute atomic E-state index is 13.1. The summed E-state index contributed by atoms with van der Waals surface area (Å²) in [4.78, 5) is 0.351. The quantitative estimate of drug-likeness (QED) is 0.232. The highest BCUT2D eigenvalue weighted by atomic mass is 19.4. The smallest absolute Gasteiger partial charge is 0.314 e. The molecule has 0 aromatic rings. The van der Waals surface area contributed by atoms with E-state index in [4.69, 9.17) is 0 Å². The lowest BCUT2D eigenvalue weighted by Crippen LogP contribution is -2.51. The van der Waals surface area contributed by atoms with Crippen molar-refractivity contribution in [3.63, 3.8) is 0 Å². The second-order valence-corrected chi connectivity index (χ2v) is 8.72. The highest BCUT2D eigenvalue weighted by Gasteiger charge is 2.41. The zero-order valence-electron chi connectivity index (χ0n) is 23.4. The van der Waals surface area contributed by atoms with Crippen molar-refractivity contribution in [1.29, 1.82) is 0 Å². The first-order chi connectivity index (χ1) is 19.3. The Bertz CT molecular complexity index is 694. The number of halogens is 15. The Morgan fingerprint density at radius 1 is 0.465 bits per heavy atom. The molecule has 4 N–H and O–H groups in total. The van der Waals surface area contributed by atoms with Gasteiger partial charge in [-0.3, -0.25) is 0 Å². The first kappa shape index (κ1) is 43.8. The van der Waals surface area contributed by atoms with Crippen LogP contribution in [-0.4, -0.2) is 151 Å². The van der Waals surface area contributed by atoms with Gasteiger partial charge >= 0.3 is 31.5 Å². The maximum Gasteiger partial charge on any atom is 0.460 e. The van der Waals surface area contributed by atoms with Crippen molar-refractivity contribution in [3.05, 3.63) is 0 Å². The zero-order chi connectivity index (χ0) is 34.1. The van der Waals surface area contributed by atoms with Crippen molar-refractivity contribution in [1.82, 2.24) is 40.9 Å². The Balaban J connectivity index is 0. The van der Waals surface area contributed by atoms with Gasteiger partial charge in [-0.1, -0.05) is 0 Å². The Labute approximate surface area is 238 Å². The van der Waals surface area contributed by atoms with Crippen LogP contribution in [-0.2, 0) is 0 Å². The first-order valence-electron chi connectivity index (χ1n) is 12.4. The van der Waals surface area contributed by atoms with E-state index in [9.17, 15) is 65.9 Å². The number of nitrogens with one attached hydrogen (secondary N) is 4. The Morgan fingerprint density at radius 2 is 0.674 bits per heavy atom. The molecule has 0 amide bonds. The molecule has 1 fully saturated rings. The molecule has 1 saturated heterocycles. The molecule has 0 bridgehead atoms. The summed E-state index contributed by atoms with van der Waals surface area (Å²) in [5.74, 6) is 0.